The topological polar surface area (TPSA) is 97.4 Å². The first-order valence-electron chi connectivity index (χ1n) is 18.3. The molecule has 0 aliphatic rings. The first-order valence-corrected chi connectivity index (χ1v) is 18.3. The van der Waals surface area contributed by atoms with Crippen LogP contribution in [0.4, 0.5) is 4.79 Å². The molecule has 0 aromatic heterocycles. The number of hydrogen-bond donors (Lipinski definition) is 1. The number of esters is 2. The summed E-state index contributed by atoms with van der Waals surface area (Å²) in [5.41, 5.74) is 0. The molecule has 0 aromatic rings. The monoisotopic (exact) mass is 642 g/mol. The Morgan fingerprint density at radius 3 is 1.62 bits per heavy atom. The highest BCUT2D eigenvalue weighted by Gasteiger charge is 2.17. The van der Waals surface area contributed by atoms with E-state index in [1.807, 2.05) is 14.1 Å². The van der Waals surface area contributed by atoms with E-state index in [2.05, 4.69) is 43.1 Å². The third-order valence-electron chi connectivity index (χ3n) is 7.96. The van der Waals surface area contributed by atoms with Crippen LogP contribution in [0.25, 0.3) is 0 Å². The molecule has 0 aliphatic carbocycles. The number of alkyl carbamates (subject to hydrolysis) is 1. The van der Waals surface area contributed by atoms with E-state index in [1.165, 1.54) is 0 Å². The number of carbonyl (C=O) groups excluding carboxylic acids is 3. The highest BCUT2D eigenvalue weighted by Crippen LogP contribution is 2.19. The summed E-state index contributed by atoms with van der Waals surface area (Å²) in [6.45, 7) is 7.27. The summed E-state index contributed by atoms with van der Waals surface area (Å²) in [7, 11) is 8.19. The lowest BCUT2D eigenvalue weighted by molar-refractivity contribution is -0.150. The fourth-order valence-electron chi connectivity index (χ4n) is 5.23. The zero-order valence-corrected chi connectivity index (χ0v) is 30.2. The molecular weight excluding hydrogens is 570 g/mol. The molecule has 1 amide bonds. The average molecular weight is 642 g/mol. The Morgan fingerprint density at radius 1 is 0.556 bits per heavy atom. The molecule has 9 nitrogen and oxygen atoms in total. The van der Waals surface area contributed by atoms with Crippen molar-refractivity contribution in [2.45, 2.75) is 161 Å². The number of unbranched alkanes of at least 4 members (excludes halogenated alkanes) is 9. The van der Waals surface area contributed by atoms with Crippen LogP contribution in [0.3, 0.4) is 0 Å². The van der Waals surface area contributed by atoms with Crippen LogP contribution >= 0.6 is 0 Å². The number of ether oxygens (including phenoxy) is 3. The Morgan fingerprint density at radius 2 is 1.04 bits per heavy atom. The number of hydrogen-bond acceptors (Lipinski definition) is 8. The summed E-state index contributed by atoms with van der Waals surface area (Å²) in [6.07, 6.45) is 18.9. The van der Waals surface area contributed by atoms with Gasteiger partial charge in [-0.25, -0.2) is 4.79 Å². The van der Waals surface area contributed by atoms with Crippen LogP contribution in [0.5, 0.6) is 0 Å². The van der Waals surface area contributed by atoms with Crippen LogP contribution in [0.1, 0.15) is 149 Å². The van der Waals surface area contributed by atoms with Gasteiger partial charge in [0.05, 0.1) is 6.61 Å². The number of nitrogens with zero attached hydrogens (tertiary/aromatic N) is 2. The predicted octanol–water partition coefficient (Wildman–Crippen LogP) is 7.89. The predicted molar refractivity (Wildman–Crippen MR) is 185 cm³/mol. The lowest BCUT2D eigenvalue weighted by atomic mass is 10.0. The highest BCUT2D eigenvalue weighted by atomic mass is 16.6. The van der Waals surface area contributed by atoms with Gasteiger partial charge >= 0.3 is 18.0 Å². The smallest absolute Gasteiger partial charge is 0.407 e. The second-order valence-electron chi connectivity index (χ2n) is 13.1. The van der Waals surface area contributed by atoms with E-state index in [4.69, 9.17) is 14.2 Å². The maximum Gasteiger partial charge on any atom is 0.407 e. The van der Waals surface area contributed by atoms with Crippen LogP contribution in [0, 0.1) is 0 Å². The van der Waals surface area contributed by atoms with Crippen LogP contribution in [-0.4, -0.2) is 94.5 Å². The molecule has 0 radical (unpaired) electrons. The van der Waals surface area contributed by atoms with Crippen molar-refractivity contribution in [3.8, 4) is 0 Å². The molecule has 266 valence electrons. The zero-order valence-electron chi connectivity index (χ0n) is 30.2. The number of amides is 1. The molecule has 0 saturated heterocycles. The van der Waals surface area contributed by atoms with Gasteiger partial charge in [0.25, 0.3) is 0 Å². The van der Waals surface area contributed by atoms with Gasteiger partial charge in [-0.15, -0.1) is 0 Å². The van der Waals surface area contributed by atoms with E-state index in [-0.39, 0.29) is 30.2 Å². The minimum absolute atomic E-state index is 0.0188. The molecule has 0 rings (SSSR count). The lowest BCUT2D eigenvalue weighted by Gasteiger charge is -2.20. The van der Waals surface area contributed by atoms with Crippen molar-refractivity contribution in [3.63, 3.8) is 0 Å². The second kappa shape index (κ2) is 30.8. The van der Waals surface area contributed by atoms with Crippen molar-refractivity contribution in [3.05, 3.63) is 0 Å². The quantitative estimate of drug-likeness (QED) is 0.0464. The van der Waals surface area contributed by atoms with Crippen molar-refractivity contribution >= 4 is 18.0 Å². The Kier molecular flexibility index (Phi) is 29.5. The fourth-order valence-corrected chi connectivity index (χ4v) is 5.23. The van der Waals surface area contributed by atoms with Crippen molar-refractivity contribution in [1.29, 1.82) is 0 Å². The fraction of sp³-hybridized carbons (Fsp3) is 0.917. The summed E-state index contributed by atoms with van der Waals surface area (Å²) in [6, 6.07) is 0. The number of carbonyl (C=O) groups is 3. The third-order valence-corrected chi connectivity index (χ3v) is 7.96. The van der Waals surface area contributed by atoms with Crippen LogP contribution in [0.2, 0.25) is 0 Å². The van der Waals surface area contributed by atoms with E-state index in [9.17, 15) is 14.4 Å². The zero-order chi connectivity index (χ0) is 33.5. The lowest BCUT2D eigenvalue weighted by Crippen LogP contribution is -2.31. The number of nitrogens with one attached hydrogen (secondary N) is 1. The minimum atomic E-state index is -0.329. The van der Waals surface area contributed by atoms with Crippen molar-refractivity contribution in [1.82, 2.24) is 15.1 Å². The average Bonchev–Trinajstić information content (AvgIpc) is 2.98. The molecule has 0 heterocycles. The van der Waals surface area contributed by atoms with E-state index in [0.29, 0.717) is 26.0 Å². The molecule has 45 heavy (non-hydrogen) atoms. The molecule has 2 atom stereocenters. The molecule has 0 saturated carbocycles. The molecule has 9 heteroatoms. The molecule has 0 spiro atoms. The van der Waals surface area contributed by atoms with E-state index in [0.717, 1.165) is 135 Å². The highest BCUT2D eigenvalue weighted by molar-refractivity contribution is 5.69. The molecule has 0 aliphatic heterocycles. The van der Waals surface area contributed by atoms with Crippen molar-refractivity contribution in [2.75, 3.05) is 54.4 Å². The largest absolute Gasteiger partial charge is 0.466 e. The van der Waals surface area contributed by atoms with Gasteiger partial charge in [0.1, 0.15) is 12.2 Å². The maximum atomic E-state index is 12.5. The molecular formula is C36H71N3O6. The Balaban J connectivity index is 4.61. The van der Waals surface area contributed by atoms with Gasteiger partial charge in [-0.05, 0) is 118 Å². The third kappa shape index (κ3) is 30.5. The summed E-state index contributed by atoms with van der Waals surface area (Å²) >= 11 is 0. The summed E-state index contributed by atoms with van der Waals surface area (Å²) in [5, 5.41) is 2.91. The van der Waals surface area contributed by atoms with Gasteiger partial charge in [0.2, 0.25) is 0 Å². The van der Waals surface area contributed by atoms with Gasteiger partial charge in [0, 0.05) is 19.4 Å². The standard InChI is InChI=1S/C36H71N3O6/c1-7-9-14-26-34(40)43-31-19-12-11-16-23-33(45-36(42)37-28-21-30-39(5)6)24-18-13-17-22-32(25-20-29-38(3)4)44-35(41)27-15-10-8-2/h32-33H,7-31H2,1-6H3,(H,37,42). The Labute approximate surface area is 276 Å². The summed E-state index contributed by atoms with van der Waals surface area (Å²) in [5.74, 6) is -0.146. The molecule has 0 bridgehead atoms. The van der Waals surface area contributed by atoms with E-state index < -0.39 is 0 Å². The molecule has 0 aromatic carbocycles. The maximum absolute atomic E-state index is 12.5. The molecule has 0 fully saturated rings. The minimum Gasteiger partial charge on any atom is -0.466 e. The van der Waals surface area contributed by atoms with Crippen LogP contribution in [0.15, 0.2) is 0 Å². The Bertz CT molecular complexity index is 719. The SMILES string of the molecule is CCCCCC(=O)OCCCCCCC(CCCCCC(CCCN(C)C)OC(=O)CCCCC)OC(=O)NCCCN(C)C. The first-order chi connectivity index (χ1) is 21.7. The molecule has 1 N–H and O–H groups in total. The van der Waals surface area contributed by atoms with Gasteiger partial charge in [-0.3, -0.25) is 9.59 Å². The van der Waals surface area contributed by atoms with Gasteiger partial charge in [-0.1, -0.05) is 58.8 Å². The summed E-state index contributed by atoms with van der Waals surface area (Å²) < 4.78 is 17.1. The van der Waals surface area contributed by atoms with Gasteiger partial charge in [-0.2, -0.15) is 0 Å². The van der Waals surface area contributed by atoms with Gasteiger partial charge in [0.15, 0.2) is 0 Å². The summed E-state index contributed by atoms with van der Waals surface area (Å²) in [4.78, 5) is 40.9. The normalized spacial score (nSPS) is 12.7. The second-order valence-corrected chi connectivity index (χ2v) is 13.1. The van der Waals surface area contributed by atoms with Crippen molar-refractivity contribution < 1.29 is 28.6 Å². The van der Waals surface area contributed by atoms with Crippen LogP contribution in [-0.2, 0) is 23.8 Å². The van der Waals surface area contributed by atoms with Gasteiger partial charge < -0.3 is 29.3 Å². The van der Waals surface area contributed by atoms with Crippen LogP contribution < -0.4 is 5.32 Å². The number of rotatable bonds is 31. The first kappa shape index (κ1) is 43.1. The van der Waals surface area contributed by atoms with Crippen molar-refractivity contribution in [2.24, 2.45) is 0 Å². The molecule has 2 unspecified atom stereocenters. The van der Waals surface area contributed by atoms with E-state index in [1.54, 1.807) is 0 Å². The Hall–Kier alpha value is -1.87. The van der Waals surface area contributed by atoms with E-state index >= 15 is 0 Å².